The number of halogens is 5. The van der Waals surface area contributed by atoms with E-state index in [1.54, 1.807) is 4.68 Å². The molecule has 0 unspecified atom stereocenters. The highest BCUT2D eigenvalue weighted by Gasteiger charge is 2.35. The van der Waals surface area contributed by atoms with Gasteiger partial charge < -0.3 is 10.1 Å². The number of hydrogen-bond donors (Lipinski definition) is 1. The molecular weight excluding hydrogens is 335 g/mol. The molecule has 0 spiro atoms. The zero-order chi connectivity index (χ0) is 17.7. The average Bonchev–Trinajstić information content (AvgIpc) is 2.99. The highest BCUT2D eigenvalue weighted by Crippen LogP contribution is 2.38. The molecule has 0 radical (unpaired) electrons. The van der Waals surface area contributed by atoms with Crippen molar-refractivity contribution in [3.63, 3.8) is 0 Å². The van der Waals surface area contributed by atoms with Gasteiger partial charge in [0.1, 0.15) is 18.4 Å². The van der Waals surface area contributed by atoms with Crippen molar-refractivity contribution in [1.29, 1.82) is 0 Å². The van der Waals surface area contributed by atoms with Crippen molar-refractivity contribution in [2.45, 2.75) is 38.7 Å². The lowest BCUT2D eigenvalue weighted by Crippen LogP contribution is -2.25. The lowest BCUT2D eigenvalue weighted by molar-refractivity contribution is -0.141. The molecule has 0 saturated heterocycles. The van der Waals surface area contributed by atoms with Crippen LogP contribution in [0.4, 0.5) is 27.6 Å². The molecule has 1 atom stereocenters. The van der Waals surface area contributed by atoms with Crippen LogP contribution in [0.1, 0.15) is 18.9 Å². The highest BCUT2D eigenvalue weighted by molar-refractivity contribution is 5.52. The van der Waals surface area contributed by atoms with Gasteiger partial charge in [-0.1, -0.05) is 6.92 Å². The summed E-state index contributed by atoms with van der Waals surface area (Å²) in [6, 6.07) is 2.67. The minimum atomic E-state index is -4.81. The summed E-state index contributed by atoms with van der Waals surface area (Å²) in [4.78, 5) is 3.79. The Bertz CT molecular complexity index is 645. The van der Waals surface area contributed by atoms with E-state index in [0.29, 0.717) is 13.0 Å². The highest BCUT2D eigenvalue weighted by atomic mass is 19.4. The topological polar surface area (TPSA) is 52.0 Å². The van der Waals surface area contributed by atoms with Crippen molar-refractivity contribution in [2.75, 3.05) is 5.32 Å². The first-order valence-corrected chi connectivity index (χ1v) is 7.04. The van der Waals surface area contributed by atoms with E-state index < -0.39 is 24.1 Å². The van der Waals surface area contributed by atoms with Crippen LogP contribution in [0.3, 0.4) is 0 Å². The molecule has 0 saturated carbocycles. The number of aromatic nitrogens is 3. The number of ether oxygens (including phenoxy) is 1. The summed E-state index contributed by atoms with van der Waals surface area (Å²) < 4.78 is 69.1. The first kappa shape index (κ1) is 18.0. The molecule has 2 rings (SSSR count). The van der Waals surface area contributed by atoms with Gasteiger partial charge in [-0.25, -0.2) is 4.98 Å². The maximum absolute atomic E-state index is 13.0. The van der Waals surface area contributed by atoms with E-state index in [1.807, 2.05) is 6.92 Å². The van der Waals surface area contributed by atoms with E-state index in [-0.39, 0.29) is 11.7 Å². The Balaban J connectivity index is 2.20. The Hall–Kier alpha value is -2.39. The lowest BCUT2D eigenvalue weighted by Gasteiger charge is -2.20. The minimum absolute atomic E-state index is 0.149. The number of benzene rings is 1. The molecule has 1 heterocycles. The molecule has 0 aliphatic rings. The summed E-state index contributed by atoms with van der Waals surface area (Å²) in [6.45, 7) is -1.08. The van der Waals surface area contributed by atoms with E-state index >= 15 is 0 Å². The third-order valence-corrected chi connectivity index (χ3v) is 3.24. The summed E-state index contributed by atoms with van der Waals surface area (Å²) >= 11 is 0. The van der Waals surface area contributed by atoms with E-state index in [2.05, 4.69) is 20.1 Å². The fourth-order valence-corrected chi connectivity index (χ4v) is 2.11. The van der Waals surface area contributed by atoms with Gasteiger partial charge in [0.05, 0.1) is 12.1 Å². The maximum atomic E-state index is 13.0. The lowest BCUT2D eigenvalue weighted by atomic mass is 10.1. The van der Waals surface area contributed by atoms with Crippen molar-refractivity contribution in [3.8, 4) is 5.75 Å². The van der Waals surface area contributed by atoms with Crippen molar-refractivity contribution in [3.05, 3.63) is 36.4 Å². The summed E-state index contributed by atoms with van der Waals surface area (Å²) in [5.41, 5.74) is -1.11. The van der Waals surface area contributed by atoms with E-state index in [9.17, 15) is 22.0 Å². The van der Waals surface area contributed by atoms with Crippen LogP contribution in [0.2, 0.25) is 0 Å². The quantitative estimate of drug-likeness (QED) is 0.772. The molecular formula is C14H15F5N4O. The molecule has 24 heavy (non-hydrogen) atoms. The number of hydrogen-bond acceptors (Lipinski definition) is 4. The number of rotatable bonds is 7. The van der Waals surface area contributed by atoms with Crippen LogP contribution >= 0.6 is 0 Å². The molecule has 10 heteroatoms. The largest absolute Gasteiger partial charge is 0.434 e. The van der Waals surface area contributed by atoms with Gasteiger partial charge in [0, 0.05) is 11.7 Å². The Labute approximate surface area is 134 Å². The van der Waals surface area contributed by atoms with Gasteiger partial charge in [-0.3, -0.25) is 4.68 Å². The maximum Gasteiger partial charge on any atom is 0.420 e. The van der Waals surface area contributed by atoms with Crippen molar-refractivity contribution < 1.29 is 26.7 Å². The van der Waals surface area contributed by atoms with Crippen molar-refractivity contribution in [1.82, 2.24) is 14.8 Å². The van der Waals surface area contributed by atoms with E-state index in [4.69, 9.17) is 0 Å². The summed E-state index contributed by atoms with van der Waals surface area (Å²) in [5, 5.41) is 6.86. The summed E-state index contributed by atoms with van der Waals surface area (Å²) in [7, 11) is 0. The minimum Gasteiger partial charge on any atom is -0.434 e. The summed E-state index contributed by atoms with van der Waals surface area (Å²) in [5.74, 6) is -0.910. The third-order valence-electron chi connectivity index (χ3n) is 3.24. The second kappa shape index (κ2) is 7.45. The van der Waals surface area contributed by atoms with Gasteiger partial charge in [0.15, 0.2) is 0 Å². The predicted molar refractivity (Wildman–Crippen MR) is 75.8 cm³/mol. The van der Waals surface area contributed by atoms with Crippen LogP contribution < -0.4 is 10.1 Å². The molecule has 0 fully saturated rings. The zero-order valence-corrected chi connectivity index (χ0v) is 12.6. The molecule has 132 valence electrons. The first-order valence-electron chi connectivity index (χ1n) is 7.04. The van der Waals surface area contributed by atoms with Crippen LogP contribution in [0.25, 0.3) is 0 Å². The second-order valence-corrected chi connectivity index (χ2v) is 4.95. The standard InChI is InChI=1S/C14H15F5N4O/c1-2-9(6-23-8-20-7-21-23)22-10-3-4-12(24-13(15)16)11(5-10)14(17,18)19/h3-5,7-9,13,22H,2,6H2,1H3/t9-/m1/s1. The molecule has 0 bridgehead atoms. The smallest absolute Gasteiger partial charge is 0.420 e. The molecule has 0 aliphatic heterocycles. The monoisotopic (exact) mass is 350 g/mol. The second-order valence-electron chi connectivity index (χ2n) is 4.95. The molecule has 1 N–H and O–H groups in total. The number of nitrogens with one attached hydrogen (secondary N) is 1. The van der Waals surface area contributed by atoms with Crippen LogP contribution in [0.15, 0.2) is 30.9 Å². The van der Waals surface area contributed by atoms with Gasteiger partial charge in [-0.05, 0) is 24.6 Å². The van der Waals surface area contributed by atoms with E-state index in [0.717, 1.165) is 12.1 Å². The van der Waals surface area contributed by atoms with Crippen LogP contribution in [-0.2, 0) is 12.7 Å². The van der Waals surface area contributed by atoms with Gasteiger partial charge >= 0.3 is 12.8 Å². The SMILES string of the molecule is CC[C@H](Cn1cncn1)Nc1ccc(OC(F)F)c(C(F)(F)F)c1. The Morgan fingerprint density at radius 2 is 2.04 bits per heavy atom. The van der Waals surface area contributed by atoms with Crippen LogP contribution in [0.5, 0.6) is 5.75 Å². The van der Waals surface area contributed by atoms with E-state index in [1.165, 1.54) is 18.7 Å². The molecule has 0 aliphatic carbocycles. The van der Waals surface area contributed by atoms with Gasteiger partial charge in [0.25, 0.3) is 0 Å². The number of nitrogens with zero attached hydrogens (tertiary/aromatic N) is 3. The molecule has 0 amide bonds. The molecule has 1 aromatic heterocycles. The fraction of sp³-hybridized carbons (Fsp3) is 0.429. The fourth-order valence-electron chi connectivity index (χ4n) is 2.11. The third kappa shape index (κ3) is 4.80. The van der Waals surface area contributed by atoms with Crippen LogP contribution in [0, 0.1) is 0 Å². The normalized spacial score (nSPS) is 13.1. The molecule has 2 aromatic rings. The molecule has 1 aromatic carbocycles. The van der Waals surface area contributed by atoms with Crippen LogP contribution in [-0.4, -0.2) is 27.4 Å². The summed E-state index contributed by atoms with van der Waals surface area (Å²) in [6.07, 6.45) is -1.36. The average molecular weight is 350 g/mol. The predicted octanol–water partition coefficient (Wildman–Crippen LogP) is 3.79. The van der Waals surface area contributed by atoms with Crippen molar-refractivity contribution >= 4 is 5.69 Å². The first-order chi connectivity index (χ1) is 11.3. The zero-order valence-electron chi connectivity index (χ0n) is 12.6. The molecule has 5 nitrogen and oxygen atoms in total. The Morgan fingerprint density at radius 3 is 2.58 bits per heavy atom. The Morgan fingerprint density at radius 1 is 1.29 bits per heavy atom. The number of alkyl halides is 5. The number of anilines is 1. The Kier molecular flexibility index (Phi) is 5.58. The van der Waals surface area contributed by atoms with Gasteiger partial charge in [-0.2, -0.15) is 27.1 Å². The van der Waals surface area contributed by atoms with Crippen molar-refractivity contribution in [2.24, 2.45) is 0 Å². The van der Waals surface area contributed by atoms with Gasteiger partial charge in [-0.15, -0.1) is 0 Å². The van der Waals surface area contributed by atoms with Gasteiger partial charge in [0.2, 0.25) is 0 Å².